The molecule has 1 aromatic carbocycles. The third-order valence-electron chi connectivity index (χ3n) is 5.78. The molecule has 3 fully saturated rings. The monoisotopic (exact) mass is 355 g/mol. The fourth-order valence-electron chi connectivity index (χ4n) is 4.08. The van der Waals surface area contributed by atoms with Crippen molar-refractivity contribution in [3.63, 3.8) is 0 Å². The Labute approximate surface area is 153 Å². The van der Waals surface area contributed by atoms with Gasteiger partial charge in [0, 0.05) is 45.1 Å². The first kappa shape index (κ1) is 17.1. The van der Waals surface area contributed by atoms with Crippen molar-refractivity contribution in [1.29, 1.82) is 0 Å². The van der Waals surface area contributed by atoms with Gasteiger partial charge in [-0.2, -0.15) is 0 Å². The maximum atomic E-state index is 12.7. The highest BCUT2D eigenvalue weighted by Crippen LogP contribution is 2.48. The average molecular weight is 355 g/mol. The van der Waals surface area contributed by atoms with Crippen LogP contribution in [0.25, 0.3) is 0 Å². The number of benzene rings is 1. The van der Waals surface area contributed by atoms with E-state index >= 15 is 0 Å². The number of rotatable bonds is 4. The van der Waals surface area contributed by atoms with Crippen LogP contribution in [0.2, 0.25) is 0 Å². The van der Waals surface area contributed by atoms with Gasteiger partial charge in [-0.15, -0.1) is 0 Å². The molecular formula is C20H25N3O3. The summed E-state index contributed by atoms with van der Waals surface area (Å²) < 4.78 is 0. The third kappa shape index (κ3) is 3.45. The largest absolute Gasteiger partial charge is 0.339 e. The smallest absolute Gasteiger partial charge is 0.242 e. The maximum absolute atomic E-state index is 12.7. The predicted octanol–water partition coefficient (Wildman–Crippen LogP) is 1.08. The summed E-state index contributed by atoms with van der Waals surface area (Å²) in [6.07, 6.45) is 2.33. The molecule has 26 heavy (non-hydrogen) atoms. The number of carbonyl (C=O) groups excluding carboxylic acids is 3. The first-order valence-corrected chi connectivity index (χ1v) is 9.53. The van der Waals surface area contributed by atoms with Crippen molar-refractivity contribution in [2.45, 2.75) is 25.2 Å². The zero-order valence-corrected chi connectivity index (χ0v) is 15.0. The van der Waals surface area contributed by atoms with Gasteiger partial charge in [-0.1, -0.05) is 30.3 Å². The van der Waals surface area contributed by atoms with Crippen molar-refractivity contribution in [2.24, 2.45) is 5.92 Å². The van der Waals surface area contributed by atoms with E-state index in [9.17, 15) is 14.4 Å². The van der Waals surface area contributed by atoms with Crippen LogP contribution in [0, 0.1) is 5.92 Å². The molecule has 2 saturated heterocycles. The molecule has 4 rings (SSSR count). The normalized spacial score (nSPS) is 25.5. The quantitative estimate of drug-likeness (QED) is 0.812. The van der Waals surface area contributed by atoms with Crippen molar-refractivity contribution in [2.75, 3.05) is 39.3 Å². The molecule has 0 unspecified atom stereocenters. The Hall–Kier alpha value is -2.37. The summed E-state index contributed by atoms with van der Waals surface area (Å²) >= 11 is 0. The van der Waals surface area contributed by atoms with Crippen LogP contribution in [0.15, 0.2) is 30.3 Å². The fraction of sp³-hybridized carbons (Fsp3) is 0.550. The Morgan fingerprint density at radius 2 is 1.65 bits per heavy atom. The second-order valence-corrected chi connectivity index (χ2v) is 7.48. The van der Waals surface area contributed by atoms with E-state index in [1.54, 1.807) is 9.80 Å². The van der Waals surface area contributed by atoms with Crippen LogP contribution in [0.5, 0.6) is 0 Å². The van der Waals surface area contributed by atoms with Crippen molar-refractivity contribution in [3.05, 3.63) is 35.9 Å². The molecule has 6 nitrogen and oxygen atoms in total. The second-order valence-electron chi connectivity index (χ2n) is 7.48. The Morgan fingerprint density at radius 1 is 0.962 bits per heavy atom. The van der Waals surface area contributed by atoms with Crippen LogP contribution in [-0.4, -0.2) is 71.7 Å². The fourth-order valence-corrected chi connectivity index (χ4v) is 4.08. The Morgan fingerprint density at radius 3 is 2.31 bits per heavy atom. The lowest BCUT2D eigenvalue weighted by Crippen LogP contribution is -2.53. The number of amides is 3. The molecule has 1 aliphatic carbocycles. The molecule has 2 aliphatic heterocycles. The van der Waals surface area contributed by atoms with E-state index in [2.05, 4.69) is 12.1 Å². The van der Waals surface area contributed by atoms with Crippen LogP contribution in [-0.2, 0) is 14.4 Å². The lowest BCUT2D eigenvalue weighted by molar-refractivity contribution is -0.142. The molecule has 6 heteroatoms. The Bertz CT molecular complexity index is 698. The predicted molar refractivity (Wildman–Crippen MR) is 96.3 cm³/mol. The molecule has 0 spiro atoms. The second kappa shape index (κ2) is 7.09. The van der Waals surface area contributed by atoms with E-state index in [0.29, 0.717) is 45.1 Å². The van der Waals surface area contributed by atoms with Gasteiger partial charge in [0.15, 0.2) is 0 Å². The van der Waals surface area contributed by atoms with Gasteiger partial charge in [0.05, 0.1) is 6.54 Å². The number of hydrogen-bond acceptors (Lipinski definition) is 3. The number of likely N-dealkylation sites (tertiary alicyclic amines) is 1. The van der Waals surface area contributed by atoms with Crippen LogP contribution in [0.4, 0.5) is 0 Å². The molecule has 0 radical (unpaired) electrons. The van der Waals surface area contributed by atoms with Crippen molar-refractivity contribution >= 4 is 17.7 Å². The summed E-state index contributed by atoms with van der Waals surface area (Å²) in [5.41, 5.74) is 1.25. The minimum Gasteiger partial charge on any atom is -0.339 e. The summed E-state index contributed by atoms with van der Waals surface area (Å²) in [5.74, 6) is 0.751. The molecular weight excluding hydrogens is 330 g/mol. The van der Waals surface area contributed by atoms with Gasteiger partial charge in [0.2, 0.25) is 17.7 Å². The van der Waals surface area contributed by atoms with Gasteiger partial charge in [-0.05, 0) is 24.3 Å². The van der Waals surface area contributed by atoms with E-state index in [1.165, 1.54) is 5.56 Å². The van der Waals surface area contributed by atoms with Crippen molar-refractivity contribution in [3.8, 4) is 0 Å². The Kier molecular flexibility index (Phi) is 4.66. The molecule has 3 amide bonds. The van der Waals surface area contributed by atoms with E-state index in [4.69, 9.17) is 0 Å². The average Bonchev–Trinajstić information content (AvgIpc) is 3.39. The van der Waals surface area contributed by atoms with Crippen LogP contribution < -0.4 is 0 Å². The van der Waals surface area contributed by atoms with E-state index in [-0.39, 0.29) is 30.2 Å². The lowest BCUT2D eigenvalue weighted by atomic mass is 10.1. The van der Waals surface area contributed by atoms with Gasteiger partial charge in [-0.25, -0.2) is 0 Å². The zero-order chi connectivity index (χ0) is 18.1. The third-order valence-corrected chi connectivity index (χ3v) is 5.78. The van der Waals surface area contributed by atoms with Crippen molar-refractivity contribution in [1.82, 2.24) is 14.7 Å². The Balaban J connectivity index is 1.25. The van der Waals surface area contributed by atoms with E-state index in [1.807, 2.05) is 23.1 Å². The van der Waals surface area contributed by atoms with Crippen LogP contribution >= 0.6 is 0 Å². The highest BCUT2D eigenvalue weighted by molar-refractivity contribution is 5.86. The zero-order valence-electron chi connectivity index (χ0n) is 15.0. The summed E-state index contributed by atoms with van der Waals surface area (Å²) in [4.78, 5) is 42.1. The number of hydrogen-bond donors (Lipinski definition) is 0. The lowest BCUT2D eigenvalue weighted by Gasteiger charge is -2.35. The number of piperazine rings is 1. The molecule has 3 aliphatic rings. The summed E-state index contributed by atoms with van der Waals surface area (Å²) in [6.45, 7) is 3.19. The standard InChI is InChI=1S/C20H25N3O3/c24-18-7-4-8-23(18)14-19(25)21-9-11-22(12-10-21)20(26)17-13-16(17)15-5-2-1-3-6-15/h1-3,5-6,16-17H,4,7-14H2/t16-,17+/m0/s1. The highest BCUT2D eigenvalue weighted by atomic mass is 16.2. The van der Waals surface area contributed by atoms with Gasteiger partial charge in [-0.3, -0.25) is 14.4 Å². The number of carbonyl (C=O) groups is 3. The minimum absolute atomic E-state index is 0.000864. The highest BCUT2D eigenvalue weighted by Gasteiger charge is 2.46. The molecule has 0 N–H and O–H groups in total. The first-order chi connectivity index (χ1) is 12.6. The molecule has 2 atom stereocenters. The molecule has 2 heterocycles. The van der Waals surface area contributed by atoms with Gasteiger partial charge in [0.1, 0.15) is 0 Å². The van der Waals surface area contributed by atoms with Crippen molar-refractivity contribution < 1.29 is 14.4 Å². The first-order valence-electron chi connectivity index (χ1n) is 9.53. The SMILES string of the molecule is O=C(CN1CCCC1=O)N1CCN(C(=O)[C@@H]2C[C@H]2c2ccccc2)CC1. The summed E-state index contributed by atoms with van der Waals surface area (Å²) in [5, 5.41) is 0. The molecule has 1 saturated carbocycles. The molecule has 1 aromatic rings. The van der Waals surface area contributed by atoms with Crippen LogP contribution in [0.1, 0.15) is 30.7 Å². The topological polar surface area (TPSA) is 60.9 Å². The van der Waals surface area contributed by atoms with Gasteiger partial charge >= 0.3 is 0 Å². The molecule has 0 bridgehead atoms. The van der Waals surface area contributed by atoms with Gasteiger partial charge < -0.3 is 14.7 Å². The van der Waals surface area contributed by atoms with E-state index < -0.39 is 0 Å². The molecule has 138 valence electrons. The maximum Gasteiger partial charge on any atom is 0.242 e. The number of nitrogens with zero attached hydrogens (tertiary/aromatic N) is 3. The minimum atomic E-state index is 0.000864. The van der Waals surface area contributed by atoms with E-state index in [0.717, 1.165) is 12.8 Å². The summed E-state index contributed by atoms with van der Waals surface area (Å²) in [7, 11) is 0. The molecule has 0 aromatic heterocycles. The summed E-state index contributed by atoms with van der Waals surface area (Å²) in [6, 6.07) is 10.2. The van der Waals surface area contributed by atoms with Crippen LogP contribution in [0.3, 0.4) is 0 Å². The van der Waals surface area contributed by atoms with Gasteiger partial charge in [0.25, 0.3) is 0 Å².